The number of hydrogen-bond donors (Lipinski definition) is 2. The highest BCUT2D eigenvalue weighted by Crippen LogP contribution is 2.16. The molecule has 0 fully saturated rings. The summed E-state index contributed by atoms with van der Waals surface area (Å²) in [5.41, 5.74) is 5.23. The average Bonchev–Trinajstić information content (AvgIpc) is 2.16. The normalized spacial score (nSPS) is 11.8. The van der Waals surface area contributed by atoms with Gasteiger partial charge in [-0.05, 0) is 11.6 Å². The zero-order valence-electron chi connectivity index (χ0n) is 8.33. The van der Waals surface area contributed by atoms with Crippen LogP contribution in [0.4, 0.5) is 0 Å². The topological polar surface area (TPSA) is 97.5 Å². The minimum absolute atomic E-state index is 0.0137. The van der Waals surface area contributed by atoms with E-state index in [1.165, 1.54) is 30.4 Å². The molecule has 0 saturated heterocycles. The van der Waals surface area contributed by atoms with Gasteiger partial charge in [-0.2, -0.15) is 8.42 Å². The first-order valence-corrected chi connectivity index (χ1v) is 5.86. The van der Waals surface area contributed by atoms with Crippen LogP contribution < -0.4 is 5.73 Å². The molecule has 0 bridgehead atoms. The summed E-state index contributed by atoms with van der Waals surface area (Å²) >= 11 is 0. The van der Waals surface area contributed by atoms with Gasteiger partial charge >= 0.3 is 0 Å². The van der Waals surface area contributed by atoms with E-state index in [1.54, 1.807) is 6.07 Å². The van der Waals surface area contributed by atoms with Crippen LogP contribution in [-0.4, -0.2) is 18.9 Å². The highest BCUT2D eigenvalue weighted by Gasteiger charge is 2.12. The molecule has 0 heterocycles. The first kappa shape index (κ1) is 12.4. The monoisotopic (exact) mass is 241 g/mol. The highest BCUT2D eigenvalue weighted by atomic mass is 32.2. The van der Waals surface area contributed by atoms with Crippen molar-refractivity contribution in [2.45, 2.75) is 11.3 Å². The Morgan fingerprint density at radius 2 is 2.00 bits per heavy atom. The quantitative estimate of drug-likeness (QED) is 0.762. The Morgan fingerprint density at radius 3 is 2.56 bits per heavy atom. The van der Waals surface area contributed by atoms with Gasteiger partial charge in [0.15, 0.2) is 0 Å². The Hall–Kier alpha value is -1.66. The van der Waals surface area contributed by atoms with Crippen molar-refractivity contribution in [3.63, 3.8) is 0 Å². The largest absolute Gasteiger partial charge is 0.369 e. The summed E-state index contributed by atoms with van der Waals surface area (Å²) in [4.78, 5) is 10.3. The molecule has 0 aliphatic rings. The van der Waals surface area contributed by atoms with Crippen LogP contribution in [0.1, 0.15) is 12.0 Å². The van der Waals surface area contributed by atoms with E-state index >= 15 is 0 Å². The Morgan fingerprint density at radius 1 is 1.38 bits per heavy atom. The average molecular weight is 241 g/mol. The van der Waals surface area contributed by atoms with Crippen molar-refractivity contribution in [1.82, 2.24) is 0 Å². The number of primary amides is 1. The molecule has 0 unspecified atom stereocenters. The number of amides is 1. The Bertz CT molecular complexity index is 519. The summed E-state index contributed by atoms with van der Waals surface area (Å²) in [6.45, 7) is 0. The molecule has 16 heavy (non-hydrogen) atoms. The fraction of sp³-hybridized carbons (Fsp3) is 0.100. The Kier molecular flexibility index (Phi) is 3.81. The molecule has 86 valence electrons. The van der Waals surface area contributed by atoms with Gasteiger partial charge in [-0.15, -0.1) is 0 Å². The van der Waals surface area contributed by atoms with E-state index < -0.39 is 16.0 Å². The fourth-order valence-electron chi connectivity index (χ4n) is 1.16. The Balaban J connectivity index is 3.06. The molecule has 0 saturated carbocycles. The van der Waals surface area contributed by atoms with Gasteiger partial charge in [-0.25, -0.2) is 0 Å². The summed E-state index contributed by atoms with van der Waals surface area (Å²) in [7, 11) is -4.25. The second-order valence-electron chi connectivity index (χ2n) is 3.09. The fourth-order valence-corrected chi connectivity index (χ4v) is 1.84. The molecule has 0 aliphatic carbocycles. The van der Waals surface area contributed by atoms with Gasteiger partial charge in [0.2, 0.25) is 5.91 Å². The van der Waals surface area contributed by atoms with E-state index in [0.717, 1.165) is 0 Å². The van der Waals surface area contributed by atoms with Crippen molar-refractivity contribution >= 4 is 22.1 Å². The molecule has 0 atom stereocenters. The second-order valence-corrected chi connectivity index (χ2v) is 4.48. The molecule has 5 nitrogen and oxygen atoms in total. The zero-order valence-corrected chi connectivity index (χ0v) is 9.15. The van der Waals surface area contributed by atoms with E-state index in [9.17, 15) is 13.2 Å². The van der Waals surface area contributed by atoms with Crippen LogP contribution in [0.3, 0.4) is 0 Å². The molecule has 6 heteroatoms. The zero-order chi connectivity index (χ0) is 12.2. The van der Waals surface area contributed by atoms with Crippen LogP contribution in [0.2, 0.25) is 0 Å². The minimum Gasteiger partial charge on any atom is -0.369 e. The van der Waals surface area contributed by atoms with Crippen molar-refractivity contribution < 1.29 is 17.8 Å². The highest BCUT2D eigenvalue weighted by molar-refractivity contribution is 7.85. The molecule has 1 aromatic rings. The molecule has 0 spiro atoms. The van der Waals surface area contributed by atoms with Crippen molar-refractivity contribution in [2.75, 3.05) is 0 Å². The number of benzene rings is 1. The van der Waals surface area contributed by atoms with Gasteiger partial charge in [0.05, 0.1) is 0 Å². The first-order valence-electron chi connectivity index (χ1n) is 4.42. The van der Waals surface area contributed by atoms with Gasteiger partial charge in [0.25, 0.3) is 10.1 Å². The molecule has 0 aliphatic heterocycles. The summed E-state index contributed by atoms with van der Waals surface area (Å²) in [5, 5.41) is 0. The maximum absolute atomic E-state index is 11.0. The van der Waals surface area contributed by atoms with Crippen molar-refractivity contribution in [3.05, 3.63) is 35.9 Å². The van der Waals surface area contributed by atoms with E-state index in [2.05, 4.69) is 0 Å². The lowest BCUT2D eigenvalue weighted by atomic mass is 10.2. The minimum atomic E-state index is -4.25. The molecule has 0 aromatic heterocycles. The molecule has 1 amide bonds. The number of carbonyl (C=O) groups excluding carboxylic acids is 1. The summed E-state index contributed by atoms with van der Waals surface area (Å²) in [6.07, 6.45) is 2.88. The van der Waals surface area contributed by atoms with Gasteiger partial charge in [0.1, 0.15) is 4.90 Å². The molecule has 1 aromatic carbocycles. The third-order valence-corrected chi connectivity index (χ3v) is 2.74. The molecule has 3 N–H and O–H groups in total. The van der Waals surface area contributed by atoms with Gasteiger partial charge < -0.3 is 5.73 Å². The van der Waals surface area contributed by atoms with Crippen LogP contribution in [0.15, 0.2) is 35.2 Å². The molecular formula is C10H11NO4S. The summed E-state index contributed by atoms with van der Waals surface area (Å²) < 4.78 is 30.9. The number of carbonyl (C=O) groups is 1. The predicted molar refractivity (Wildman–Crippen MR) is 59.1 cm³/mol. The van der Waals surface area contributed by atoms with Crippen LogP contribution in [0.25, 0.3) is 6.08 Å². The van der Waals surface area contributed by atoms with Crippen LogP contribution >= 0.6 is 0 Å². The van der Waals surface area contributed by atoms with E-state index in [4.69, 9.17) is 10.3 Å². The first-order chi connectivity index (χ1) is 7.41. The van der Waals surface area contributed by atoms with Crippen LogP contribution in [-0.2, 0) is 14.9 Å². The maximum atomic E-state index is 11.0. The van der Waals surface area contributed by atoms with Crippen molar-refractivity contribution in [2.24, 2.45) is 5.73 Å². The van der Waals surface area contributed by atoms with Gasteiger partial charge in [-0.3, -0.25) is 9.35 Å². The summed E-state index contributed by atoms with van der Waals surface area (Å²) in [5.74, 6) is -0.513. The van der Waals surface area contributed by atoms with E-state index in [1.807, 2.05) is 0 Å². The SMILES string of the molecule is NC(=O)CC=Cc1ccccc1S(=O)(=O)O. The standard InChI is InChI=1S/C10H11NO4S/c11-10(12)7-3-5-8-4-1-2-6-9(8)16(13,14)15/h1-6H,7H2,(H2,11,12)(H,13,14,15). The van der Waals surface area contributed by atoms with Gasteiger partial charge in [0, 0.05) is 6.42 Å². The smallest absolute Gasteiger partial charge is 0.295 e. The lowest BCUT2D eigenvalue weighted by molar-refractivity contribution is -0.117. The molecular weight excluding hydrogens is 230 g/mol. The third-order valence-electron chi connectivity index (χ3n) is 1.81. The lowest BCUT2D eigenvalue weighted by Gasteiger charge is -2.01. The van der Waals surface area contributed by atoms with Crippen molar-refractivity contribution in [3.8, 4) is 0 Å². The van der Waals surface area contributed by atoms with Crippen molar-refractivity contribution in [1.29, 1.82) is 0 Å². The third kappa shape index (κ3) is 3.48. The predicted octanol–water partition coefficient (Wildman–Crippen LogP) is 0.822. The number of rotatable bonds is 4. The van der Waals surface area contributed by atoms with Gasteiger partial charge in [-0.1, -0.05) is 30.4 Å². The molecule has 1 rings (SSSR count). The summed E-state index contributed by atoms with van der Waals surface area (Å²) in [6, 6.07) is 5.91. The Labute approximate surface area is 93.3 Å². The second kappa shape index (κ2) is 4.91. The van der Waals surface area contributed by atoms with E-state index in [0.29, 0.717) is 5.56 Å². The van der Waals surface area contributed by atoms with E-state index in [-0.39, 0.29) is 11.3 Å². The van der Waals surface area contributed by atoms with Crippen LogP contribution in [0, 0.1) is 0 Å². The number of nitrogens with two attached hydrogens (primary N) is 1. The lowest BCUT2D eigenvalue weighted by Crippen LogP contribution is -2.08. The van der Waals surface area contributed by atoms with Crippen LogP contribution in [0.5, 0.6) is 0 Å². The number of hydrogen-bond acceptors (Lipinski definition) is 3. The maximum Gasteiger partial charge on any atom is 0.295 e. The molecule has 0 radical (unpaired) electrons.